The van der Waals surface area contributed by atoms with E-state index in [4.69, 9.17) is 9.47 Å². The molecular weight excluding hydrogens is 296 g/mol. The van der Waals surface area contributed by atoms with Crippen molar-refractivity contribution in [2.75, 3.05) is 14.2 Å². The molecule has 1 rings (SSSR count). The van der Waals surface area contributed by atoms with Crippen LogP contribution in [0.1, 0.15) is 19.4 Å². The second kappa shape index (κ2) is 6.59. The van der Waals surface area contributed by atoms with Crippen molar-refractivity contribution in [3.8, 4) is 11.5 Å². The highest BCUT2D eigenvalue weighted by Crippen LogP contribution is 2.34. The Bertz CT molecular complexity index is 464. The predicted octanol–water partition coefficient (Wildman–Crippen LogP) is 3.70. The second-order valence-electron chi connectivity index (χ2n) is 4.15. The van der Waals surface area contributed by atoms with Gasteiger partial charge in [0.05, 0.1) is 14.2 Å². The summed E-state index contributed by atoms with van der Waals surface area (Å²) in [6.07, 6.45) is 2.73. The maximum absolute atomic E-state index is 11.0. The third-order valence-electron chi connectivity index (χ3n) is 2.63. The average Bonchev–Trinajstić information content (AvgIpc) is 2.36. The fourth-order valence-corrected chi connectivity index (χ4v) is 1.93. The van der Waals surface area contributed by atoms with Gasteiger partial charge >= 0.3 is 0 Å². The van der Waals surface area contributed by atoms with Gasteiger partial charge in [0.15, 0.2) is 11.5 Å². The number of methoxy groups -OCH3 is 2. The summed E-state index contributed by atoms with van der Waals surface area (Å²) >= 11 is 3.46. The van der Waals surface area contributed by atoms with E-state index in [1.54, 1.807) is 14.2 Å². The number of rotatable bonds is 5. The van der Waals surface area contributed by atoms with Gasteiger partial charge < -0.3 is 9.47 Å². The molecule has 1 aromatic carbocycles. The number of ether oxygens (including phenoxy) is 2. The molecule has 0 saturated heterocycles. The van der Waals surface area contributed by atoms with Crippen LogP contribution in [0, 0.1) is 5.92 Å². The minimum Gasteiger partial charge on any atom is -0.493 e. The monoisotopic (exact) mass is 312 g/mol. The second-order valence-corrected chi connectivity index (χ2v) is 5.00. The fraction of sp³-hybridized carbons (Fsp3) is 0.357. The highest BCUT2D eigenvalue weighted by molar-refractivity contribution is 9.10. The van der Waals surface area contributed by atoms with Crippen LogP contribution < -0.4 is 9.47 Å². The molecule has 0 heterocycles. The maximum atomic E-state index is 11.0. The Balaban J connectivity index is 3.29. The van der Waals surface area contributed by atoms with E-state index < -0.39 is 0 Å². The molecule has 0 N–H and O–H groups in total. The van der Waals surface area contributed by atoms with E-state index in [0.29, 0.717) is 11.5 Å². The van der Waals surface area contributed by atoms with Crippen molar-refractivity contribution in [1.82, 2.24) is 0 Å². The summed E-state index contributed by atoms with van der Waals surface area (Å²) in [7, 11) is 3.17. The van der Waals surface area contributed by atoms with Gasteiger partial charge in [0.1, 0.15) is 6.29 Å². The Morgan fingerprint density at radius 1 is 1.22 bits per heavy atom. The zero-order valence-electron chi connectivity index (χ0n) is 11.0. The quantitative estimate of drug-likeness (QED) is 0.614. The molecule has 1 aromatic rings. The van der Waals surface area contributed by atoms with E-state index in [2.05, 4.69) is 15.9 Å². The summed E-state index contributed by atoms with van der Waals surface area (Å²) < 4.78 is 11.3. The third kappa shape index (κ3) is 3.35. The number of hydrogen-bond acceptors (Lipinski definition) is 3. The van der Waals surface area contributed by atoms with Gasteiger partial charge in [-0.15, -0.1) is 0 Å². The molecule has 0 radical (unpaired) electrons. The summed E-state index contributed by atoms with van der Waals surface area (Å²) in [4.78, 5) is 11.0. The van der Waals surface area contributed by atoms with Crippen LogP contribution in [0.25, 0.3) is 6.08 Å². The Kier molecular flexibility index (Phi) is 5.41. The van der Waals surface area contributed by atoms with Gasteiger partial charge in [-0.25, -0.2) is 0 Å². The lowest BCUT2D eigenvalue weighted by Crippen LogP contribution is -1.96. The average molecular weight is 313 g/mol. The number of carbonyl (C=O) groups excluding carboxylic acids is 1. The van der Waals surface area contributed by atoms with Crippen molar-refractivity contribution in [2.45, 2.75) is 13.8 Å². The van der Waals surface area contributed by atoms with Crippen molar-refractivity contribution in [1.29, 1.82) is 0 Å². The van der Waals surface area contributed by atoms with Crippen LogP contribution in [0.3, 0.4) is 0 Å². The Morgan fingerprint density at radius 3 is 2.22 bits per heavy atom. The first-order chi connectivity index (χ1) is 8.53. The largest absolute Gasteiger partial charge is 0.493 e. The van der Waals surface area contributed by atoms with Gasteiger partial charge in [-0.3, -0.25) is 4.79 Å². The van der Waals surface area contributed by atoms with Gasteiger partial charge in [-0.1, -0.05) is 29.8 Å². The highest BCUT2D eigenvalue weighted by atomic mass is 79.9. The van der Waals surface area contributed by atoms with E-state index in [9.17, 15) is 4.79 Å². The van der Waals surface area contributed by atoms with Crippen LogP contribution >= 0.6 is 15.9 Å². The SMILES string of the molecule is COc1cc(Br)c(C=C(C=O)C(C)C)cc1OC. The normalized spacial score (nSPS) is 11.6. The zero-order valence-corrected chi connectivity index (χ0v) is 12.6. The molecule has 0 saturated carbocycles. The van der Waals surface area contributed by atoms with E-state index >= 15 is 0 Å². The summed E-state index contributed by atoms with van der Waals surface area (Å²) in [5.74, 6) is 1.47. The van der Waals surface area contributed by atoms with Crippen molar-refractivity contribution >= 4 is 28.3 Å². The lowest BCUT2D eigenvalue weighted by Gasteiger charge is -2.11. The lowest BCUT2D eigenvalue weighted by atomic mass is 10.0. The van der Waals surface area contributed by atoms with E-state index in [-0.39, 0.29) is 5.92 Å². The van der Waals surface area contributed by atoms with Crippen molar-refractivity contribution < 1.29 is 14.3 Å². The minimum absolute atomic E-state index is 0.183. The van der Waals surface area contributed by atoms with E-state index in [1.165, 1.54) is 0 Å². The molecule has 0 aliphatic rings. The molecule has 0 aliphatic carbocycles. The molecule has 18 heavy (non-hydrogen) atoms. The first-order valence-electron chi connectivity index (χ1n) is 5.61. The van der Waals surface area contributed by atoms with Gasteiger partial charge in [0.2, 0.25) is 0 Å². The lowest BCUT2D eigenvalue weighted by molar-refractivity contribution is -0.105. The highest BCUT2D eigenvalue weighted by Gasteiger charge is 2.10. The third-order valence-corrected chi connectivity index (χ3v) is 3.31. The van der Waals surface area contributed by atoms with E-state index in [1.807, 2.05) is 32.1 Å². The van der Waals surface area contributed by atoms with E-state index in [0.717, 1.165) is 21.9 Å². The molecule has 0 spiro atoms. The standard InChI is InChI=1S/C14H17BrO3/c1-9(2)11(8-16)5-10-6-13(17-3)14(18-4)7-12(10)15/h5-9H,1-4H3. The Labute approximate surface area is 116 Å². The molecule has 4 heteroatoms. The van der Waals surface area contributed by atoms with Crippen LogP contribution in [0.2, 0.25) is 0 Å². The molecule has 0 aromatic heterocycles. The number of aldehydes is 1. The number of hydrogen-bond donors (Lipinski definition) is 0. The van der Waals surface area contributed by atoms with Crippen LogP contribution in [0.4, 0.5) is 0 Å². The molecule has 0 bridgehead atoms. The zero-order chi connectivity index (χ0) is 13.7. The summed E-state index contributed by atoms with van der Waals surface area (Å²) in [5, 5.41) is 0. The van der Waals surface area contributed by atoms with Gasteiger partial charge in [-0.05, 0) is 35.3 Å². The molecular formula is C14H17BrO3. The Hall–Kier alpha value is -1.29. The molecule has 0 amide bonds. The fourth-order valence-electron chi connectivity index (χ4n) is 1.50. The predicted molar refractivity (Wildman–Crippen MR) is 76.1 cm³/mol. The molecule has 0 atom stereocenters. The first-order valence-corrected chi connectivity index (χ1v) is 6.41. The Morgan fingerprint density at radius 2 is 1.78 bits per heavy atom. The number of benzene rings is 1. The van der Waals surface area contributed by atoms with Crippen LogP contribution in [-0.2, 0) is 4.79 Å². The summed E-state index contributed by atoms with van der Waals surface area (Å²) in [6.45, 7) is 3.96. The van der Waals surface area contributed by atoms with Crippen LogP contribution in [0.15, 0.2) is 22.2 Å². The van der Waals surface area contributed by atoms with Crippen LogP contribution in [-0.4, -0.2) is 20.5 Å². The van der Waals surface area contributed by atoms with Crippen molar-refractivity contribution in [3.63, 3.8) is 0 Å². The van der Waals surface area contributed by atoms with Gasteiger partial charge in [-0.2, -0.15) is 0 Å². The maximum Gasteiger partial charge on any atom is 0.161 e. The van der Waals surface area contributed by atoms with Crippen LogP contribution in [0.5, 0.6) is 11.5 Å². The van der Waals surface area contributed by atoms with Gasteiger partial charge in [0, 0.05) is 4.47 Å². The number of carbonyl (C=O) groups is 1. The topological polar surface area (TPSA) is 35.5 Å². The van der Waals surface area contributed by atoms with Crippen molar-refractivity contribution in [2.24, 2.45) is 5.92 Å². The molecule has 3 nitrogen and oxygen atoms in total. The molecule has 0 fully saturated rings. The number of halogens is 1. The summed E-state index contributed by atoms with van der Waals surface area (Å²) in [6, 6.07) is 3.67. The molecule has 0 aliphatic heterocycles. The van der Waals surface area contributed by atoms with Gasteiger partial charge in [0.25, 0.3) is 0 Å². The first kappa shape index (κ1) is 14.8. The van der Waals surface area contributed by atoms with Crippen molar-refractivity contribution in [3.05, 3.63) is 27.7 Å². The summed E-state index contributed by atoms with van der Waals surface area (Å²) in [5.41, 5.74) is 1.63. The smallest absolute Gasteiger partial charge is 0.161 e. The molecule has 0 unspecified atom stereocenters. The molecule has 98 valence electrons. The minimum atomic E-state index is 0.183. The number of allylic oxidation sites excluding steroid dienone is 1.